The maximum atomic E-state index is 12.7. The van der Waals surface area contributed by atoms with Crippen LogP contribution in [0.5, 0.6) is 0 Å². The van der Waals surface area contributed by atoms with Crippen LogP contribution in [0, 0.1) is 11.8 Å². The lowest BCUT2D eigenvalue weighted by molar-refractivity contribution is -0.126. The van der Waals surface area contributed by atoms with E-state index in [2.05, 4.69) is 49.9 Å². The van der Waals surface area contributed by atoms with Crippen LogP contribution in [0.15, 0.2) is 24.4 Å². The van der Waals surface area contributed by atoms with Crippen LogP contribution in [0.3, 0.4) is 0 Å². The highest BCUT2D eigenvalue weighted by Gasteiger charge is 2.31. The van der Waals surface area contributed by atoms with Crippen LogP contribution in [0.25, 0.3) is 0 Å². The summed E-state index contributed by atoms with van der Waals surface area (Å²) in [6.45, 7) is 8.88. The Hall–Kier alpha value is -2.32. The van der Waals surface area contributed by atoms with Crippen LogP contribution in [-0.2, 0) is 29.0 Å². The van der Waals surface area contributed by atoms with Gasteiger partial charge in [-0.1, -0.05) is 19.9 Å². The summed E-state index contributed by atoms with van der Waals surface area (Å²) in [5.74, 6) is 2.08. The number of nitrogens with zero attached hydrogens (tertiary/aromatic N) is 5. The molecule has 0 spiro atoms. The average molecular weight is 399 g/mol. The van der Waals surface area contributed by atoms with Crippen molar-refractivity contribution in [1.82, 2.24) is 30.0 Å². The van der Waals surface area contributed by atoms with Gasteiger partial charge in [0.15, 0.2) is 5.82 Å². The van der Waals surface area contributed by atoms with Crippen molar-refractivity contribution in [3.8, 4) is 0 Å². The van der Waals surface area contributed by atoms with Crippen LogP contribution < -0.4 is 5.32 Å². The van der Waals surface area contributed by atoms with E-state index in [0.717, 1.165) is 56.4 Å². The zero-order valence-corrected chi connectivity index (χ0v) is 17.3. The fourth-order valence-electron chi connectivity index (χ4n) is 4.04. The summed E-state index contributed by atoms with van der Waals surface area (Å²) in [5.41, 5.74) is 1.08. The Balaban J connectivity index is 1.46. The maximum Gasteiger partial charge on any atom is 0.226 e. The molecular formula is C21H30N6O2. The van der Waals surface area contributed by atoms with E-state index >= 15 is 0 Å². The van der Waals surface area contributed by atoms with Crippen molar-refractivity contribution >= 4 is 5.91 Å². The molecule has 8 nitrogen and oxygen atoms in total. The molecule has 0 saturated carbocycles. The fourth-order valence-corrected chi connectivity index (χ4v) is 4.04. The van der Waals surface area contributed by atoms with Crippen molar-refractivity contribution in [2.45, 2.75) is 45.8 Å². The smallest absolute Gasteiger partial charge is 0.226 e. The third-order valence-electron chi connectivity index (χ3n) is 5.80. The molecule has 2 aromatic rings. The summed E-state index contributed by atoms with van der Waals surface area (Å²) in [7, 11) is 0. The van der Waals surface area contributed by atoms with E-state index in [0.29, 0.717) is 13.2 Å². The molecule has 2 unspecified atom stereocenters. The van der Waals surface area contributed by atoms with E-state index in [1.807, 2.05) is 18.3 Å². The molecule has 29 heavy (non-hydrogen) atoms. The number of hydrogen-bond acceptors (Lipinski definition) is 6. The summed E-state index contributed by atoms with van der Waals surface area (Å²) in [4.78, 5) is 19.5. The number of rotatable bonds is 6. The normalized spacial score (nSPS) is 21.0. The summed E-state index contributed by atoms with van der Waals surface area (Å²) in [6, 6.07) is 5.88. The van der Waals surface area contributed by atoms with Crippen molar-refractivity contribution < 1.29 is 9.53 Å². The van der Waals surface area contributed by atoms with Crippen LogP contribution in [-0.4, -0.2) is 56.9 Å². The maximum absolute atomic E-state index is 12.7. The SMILES string of the molecule is CC(C)C(NC(=O)C1CCOC1)c1nnc2n1CCN(Cc1ccccn1)CC2. The van der Waals surface area contributed by atoms with E-state index in [1.54, 1.807) is 0 Å². The van der Waals surface area contributed by atoms with E-state index in [4.69, 9.17) is 4.74 Å². The van der Waals surface area contributed by atoms with Crippen LogP contribution in [0.1, 0.15) is 43.7 Å². The van der Waals surface area contributed by atoms with E-state index in [9.17, 15) is 4.79 Å². The number of hydrogen-bond donors (Lipinski definition) is 1. The van der Waals surface area contributed by atoms with E-state index in [1.165, 1.54) is 0 Å². The highest BCUT2D eigenvalue weighted by Crippen LogP contribution is 2.24. The van der Waals surface area contributed by atoms with Gasteiger partial charge in [-0.05, 0) is 24.5 Å². The third-order valence-corrected chi connectivity index (χ3v) is 5.80. The largest absolute Gasteiger partial charge is 0.381 e. The molecule has 1 saturated heterocycles. The molecule has 4 rings (SSSR count). The molecular weight excluding hydrogens is 368 g/mol. The minimum Gasteiger partial charge on any atom is -0.381 e. The Morgan fingerprint density at radius 2 is 2.17 bits per heavy atom. The predicted octanol–water partition coefficient (Wildman–Crippen LogP) is 1.58. The molecule has 0 aliphatic carbocycles. The van der Waals surface area contributed by atoms with Crippen molar-refractivity contribution in [3.63, 3.8) is 0 Å². The molecule has 2 aromatic heterocycles. The van der Waals surface area contributed by atoms with Gasteiger partial charge in [0.1, 0.15) is 5.82 Å². The fraction of sp³-hybridized carbons (Fsp3) is 0.619. The molecule has 0 radical (unpaired) electrons. The average Bonchev–Trinajstić information content (AvgIpc) is 3.35. The Bertz CT molecular complexity index is 816. The molecule has 156 valence electrons. The minimum absolute atomic E-state index is 0.0587. The Morgan fingerprint density at radius 1 is 1.28 bits per heavy atom. The number of amides is 1. The van der Waals surface area contributed by atoms with Gasteiger partial charge in [0.25, 0.3) is 0 Å². The molecule has 2 aliphatic heterocycles. The lowest BCUT2D eigenvalue weighted by atomic mass is 10.0. The van der Waals surface area contributed by atoms with E-state index in [-0.39, 0.29) is 23.8 Å². The van der Waals surface area contributed by atoms with Gasteiger partial charge in [-0.3, -0.25) is 14.7 Å². The predicted molar refractivity (Wildman–Crippen MR) is 108 cm³/mol. The molecule has 0 aromatic carbocycles. The van der Waals surface area contributed by atoms with E-state index < -0.39 is 0 Å². The number of pyridine rings is 1. The monoisotopic (exact) mass is 398 g/mol. The van der Waals surface area contributed by atoms with Gasteiger partial charge in [-0.2, -0.15) is 0 Å². The summed E-state index contributed by atoms with van der Waals surface area (Å²) >= 11 is 0. The van der Waals surface area contributed by atoms with Gasteiger partial charge >= 0.3 is 0 Å². The molecule has 1 fully saturated rings. The molecule has 1 amide bonds. The highest BCUT2D eigenvalue weighted by molar-refractivity contribution is 5.79. The second kappa shape index (κ2) is 9.00. The number of fused-ring (bicyclic) bond motifs is 1. The first-order chi connectivity index (χ1) is 14.1. The second-order valence-electron chi connectivity index (χ2n) is 8.26. The standard InChI is InChI=1S/C21H30N6O2/c1-15(2)19(23-21(28)16-7-12-29-14-16)20-25-24-18-6-9-26(10-11-27(18)20)13-17-5-3-4-8-22-17/h3-5,8,15-16,19H,6-7,9-14H2,1-2H3,(H,23,28). The van der Waals surface area contributed by atoms with Crippen LogP contribution in [0.4, 0.5) is 0 Å². The first-order valence-electron chi connectivity index (χ1n) is 10.5. The van der Waals surface area contributed by atoms with Gasteiger partial charge in [0.2, 0.25) is 5.91 Å². The van der Waals surface area contributed by atoms with Gasteiger partial charge < -0.3 is 14.6 Å². The second-order valence-corrected chi connectivity index (χ2v) is 8.26. The van der Waals surface area contributed by atoms with Crippen molar-refractivity contribution in [2.75, 3.05) is 26.3 Å². The summed E-state index contributed by atoms with van der Waals surface area (Å²) in [6.07, 6.45) is 3.47. The van der Waals surface area contributed by atoms with Crippen LogP contribution >= 0.6 is 0 Å². The number of carbonyl (C=O) groups is 1. The van der Waals surface area contributed by atoms with Gasteiger partial charge in [-0.25, -0.2) is 0 Å². The first kappa shape index (κ1) is 20.0. The lowest BCUT2D eigenvalue weighted by Crippen LogP contribution is -2.38. The van der Waals surface area contributed by atoms with Crippen molar-refractivity contribution in [3.05, 3.63) is 41.7 Å². The summed E-state index contributed by atoms with van der Waals surface area (Å²) in [5, 5.41) is 12.2. The molecule has 0 bridgehead atoms. The number of aromatic nitrogens is 4. The minimum atomic E-state index is -0.147. The molecule has 2 atom stereocenters. The Labute approximate surface area is 171 Å². The van der Waals surface area contributed by atoms with Gasteiger partial charge in [0, 0.05) is 45.4 Å². The first-order valence-corrected chi connectivity index (χ1v) is 10.5. The molecule has 4 heterocycles. The van der Waals surface area contributed by atoms with Gasteiger partial charge in [0.05, 0.1) is 24.3 Å². The highest BCUT2D eigenvalue weighted by atomic mass is 16.5. The van der Waals surface area contributed by atoms with Gasteiger partial charge in [-0.15, -0.1) is 10.2 Å². The molecule has 2 aliphatic rings. The number of ether oxygens (including phenoxy) is 1. The van der Waals surface area contributed by atoms with Crippen molar-refractivity contribution in [1.29, 1.82) is 0 Å². The zero-order chi connectivity index (χ0) is 20.2. The summed E-state index contributed by atoms with van der Waals surface area (Å²) < 4.78 is 7.58. The van der Waals surface area contributed by atoms with Crippen molar-refractivity contribution in [2.24, 2.45) is 11.8 Å². The number of carbonyl (C=O) groups excluding carboxylic acids is 1. The number of nitrogens with one attached hydrogen (secondary N) is 1. The Morgan fingerprint density at radius 3 is 2.90 bits per heavy atom. The topological polar surface area (TPSA) is 85.2 Å². The molecule has 8 heteroatoms. The lowest BCUT2D eigenvalue weighted by Gasteiger charge is -2.24. The quantitative estimate of drug-likeness (QED) is 0.795. The van der Waals surface area contributed by atoms with Crippen LogP contribution in [0.2, 0.25) is 0 Å². The molecule has 1 N–H and O–H groups in total. The third kappa shape index (κ3) is 4.64. The Kier molecular flexibility index (Phi) is 6.20. The zero-order valence-electron chi connectivity index (χ0n) is 17.3.